The summed E-state index contributed by atoms with van der Waals surface area (Å²) < 4.78 is 0. The van der Waals surface area contributed by atoms with Gasteiger partial charge < -0.3 is 10.2 Å². The second-order valence-corrected chi connectivity index (χ2v) is 8.96. The number of piperidine rings is 1. The SMILES string of the molecule is CC1(C)CC1C(=O)N(Cc1ccsc1)C1CC12CCNCC2. The lowest BCUT2D eigenvalue weighted by molar-refractivity contribution is -0.135. The van der Waals surface area contributed by atoms with Gasteiger partial charge in [-0.05, 0) is 72.0 Å². The van der Waals surface area contributed by atoms with Gasteiger partial charge in [0.1, 0.15) is 0 Å². The van der Waals surface area contributed by atoms with E-state index in [0.29, 0.717) is 17.4 Å². The van der Waals surface area contributed by atoms with Gasteiger partial charge in [0.25, 0.3) is 0 Å². The van der Waals surface area contributed by atoms with Crippen LogP contribution in [0.3, 0.4) is 0 Å². The van der Waals surface area contributed by atoms with Crippen LogP contribution in [-0.2, 0) is 11.3 Å². The number of hydrogen-bond acceptors (Lipinski definition) is 3. The van der Waals surface area contributed by atoms with Crippen molar-refractivity contribution in [2.75, 3.05) is 13.1 Å². The summed E-state index contributed by atoms with van der Waals surface area (Å²) >= 11 is 1.73. The lowest BCUT2D eigenvalue weighted by Gasteiger charge is -2.30. The molecule has 1 aromatic rings. The maximum Gasteiger partial charge on any atom is 0.226 e. The van der Waals surface area contributed by atoms with E-state index in [1.165, 1.54) is 24.8 Å². The van der Waals surface area contributed by atoms with Crippen LogP contribution in [0.25, 0.3) is 0 Å². The molecule has 0 aromatic carbocycles. The summed E-state index contributed by atoms with van der Waals surface area (Å²) in [6.45, 7) is 7.50. The van der Waals surface area contributed by atoms with Crippen molar-refractivity contribution in [3.8, 4) is 0 Å². The Morgan fingerprint density at radius 1 is 1.36 bits per heavy atom. The molecule has 120 valence electrons. The van der Waals surface area contributed by atoms with E-state index in [1.807, 2.05) is 0 Å². The fourth-order valence-electron chi connectivity index (χ4n) is 4.24. The molecule has 3 nitrogen and oxygen atoms in total. The molecule has 1 spiro atoms. The van der Waals surface area contributed by atoms with Crippen molar-refractivity contribution in [1.82, 2.24) is 10.2 Å². The molecule has 3 aliphatic rings. The summed E-state index contributed by atoms with van der Waals surface area (Å²) in [6.07, 6.45) is 4.75. The highest BCUT2D eigenvalue weighted by Crippen LogP contribution is 2.59. The second kappa shape index (κ2) is 5.07. The van der Waals surface area contributed by atoms with E-state index in [0.717, 1.165) is 26.1 Å². The van der Waals surface area contributed by atoms with Gasteiger partial charge in [-0.1, -0.05) is 13.8 Å². The van der Waals surface area contributed by atoms with E-state index < -0.39 is 0 Å². The van der Waals surface area contributed by atoms with Crippen LogP contribution < -0.4 is 5.32 Å². The standard InChI is InChI=1S/C18H26N2OS/c1-17(2)9-14(17)16(21)20(11-13-3-8-22-12-13)15-10-18(15)4-6-19-7-5-18/h3,8,12,14-15,19H,4-7,9-11H2,1-2H3. The molecule has 0 bridgehead atoms. The van der Waals surface area contributed by atoms with Crippen molar-refractivity contribution in [2.45, 2.75) is 52.1 Å². The van der Waals surface area contributed by atoms with E-state index in [9.17, 15) is 4.79 Å². The van der Waals surface area contributed by atoms with Gasteiger partial charge in [-0.2, -0.15) is 11.3 Å². The quantitative estimate of drug-likeness (QED) is 0.924. The van der Waals surface area contributed by atoms with Crippen LogP contribution in [0.5, 0.6) is 0 Å². The third kappa shape index (κ3) is 2.50. The Labute approximate surface area is 137 Å². The summed E-state index contributed by atoms with van der Waals surface area (Å²) in [5.41, 5.74) is 1.95. The molecule has 2 aliphatic carbocycles. The molecular formula is C18H26N2OS. The number of carbonyl (C=O) groups is 1. The van der Waals surface area contributed by atoms with E-state index >= 15 is 0 Å². The molecule has 2 atom stereocenters. The molecular weight excluding hydrogens is 292 g/mol. The third-order valence-electron chi connectivity index (χ3n) is 6.15. The summed E-state index contributed by atoms with van der Waals surface area (Å²) in [6, 6.07) is 2.65. The molecule has 1 N–H and O–H groups in total. The topological polar surface area (TPSA) is 32.3 Å². The zero-order chi connectivity index (χ0) is 15.4. The smallest absolute Gasteiger partial charge is 0.226 e. The van der Waals surface area contributed by atoms with Crippen molar-refractivity contribution in [3.05, 3.63) is 22.4 Å². The van der Waals surface area contributed by atoms with Crippen LogP contribution >= 0.6 is 11.3 Å². The molecule has 22 heavy (non-hydrogen) atoms. The van der Waals surface area contributed by atoms with Gasteiger partial charge in [-0.3, -0.25) is 4.79 Å². The van der Waals surface area contributed by atoms with E-state index in [-0.39, 0.29) is 11.3 Å². The summed E-state index contributed by atoms with van der Waals surface area (Å²) in [5.74, 6) is 0.669. The summed E-state index contributed by atoms with van der Waals surface area (Å²) in [7, 11) is 0. The maximum atomic E-state index is 13.1. The van der Waals surface area contributed by atoms with Gasteiger partial charge in [0.05, 0.1) is 0 Å². The minimum absolute atomic E-state index is 0.222. The largest absolute Gasteiger partial charge is 0.335 e. The van der Waals surface area contributed by atoms with Crippen LogP contribution in [0.2, 0.25) is 0 Å². The summed E-state index contributed by atoms with van der Waals surface area (Å²) in [4.78, 5) is 15.3. The highest BCUT2D eigenvalue weighted by molar-refractivity contribution is 7.07. The van der Waals surface area contributed by atoms with E-state index in [1.54, 1.807) is 11.3 Å². The Hall–Kier alpha value is -0.870. The van der Waals surface area contributed by atoms with Gasteiger partial charge in [-0.15, -0.1) is 0 Å². The van der Waals surface area contributed by atoms with Crippen LogP contribution in [-0.4, -0.2) is 29.9 Å². The number of rotatable bonds is 4. The van der Waals surface area contributed by atoms with Gasteiger partial charge in [-0.25, -0.2) is 0 Å². The number of nitrogens with zero attached hydrogens (tertiary/aromatic N) is 1. The van der Waals surface area contributed by atoms with Crippen molar-refractivity contribution in [3.63, 3.8) is 0 Å². The van der Waals surface area contributed by atoms with Crippen LogP contribution in [0.1, 0.15) is 45.1 Å². The predicted octanol–water partition coefficient (Wildman–Crippen LogP) is 3.26. The molecule has 2 saturated carbocycles. The summed E-state index contributed by atoms with van der Waals surface area (Å²) in [5, 5.41) is 7.77. The molecule has 0 radical (unpaired) electrons. The Balaban J connectivity index is 1.52. The van der Waals surface area contributed by atoms with Crippen molar-refractivity contribution in [1.29, 1.82) is 0 Å². The van der Waals surface area contributed by atoms with E-state index in [4.69, 9.17) is 0 Å². The molecule has 1 aromatic heterocycles. The van der Waals surface area contributed by atoms with Crippen molar-refractivity contribution >= 4 is 17.2 Å². The zero-order valence-electron chi connectivity index (χ0n) is 13.6. The zero-order valence-corrected chi connectivity index (χ0v) is 14.4. The number of hydrogen-bond donors (Lipinski definition) is 1. The maximum absolute atomic E-state index is 13.1. The van der Waals surface area contributed by atoms with Gasteiger partial charge in [0, 0.05) is 18.5 Å². The first-order valence-electron chi connectivity index (χ1n) is 8.54. The Kier molecular flexibility index (Phi) is 3.39. The Morgan fingerprint density at radius 2 is 2.09 bits per heavy atom. The Bertz CT molecular complexity index is 560. The average Bonchev–Trinajstić information content (AvgIpc) is 3.25. The van der Waals surface area contributed by atoms with E-state index in [2.05, 4.69) is 40.9 Å². The highest BCUT2D eigenvalue weighted by atomic mass is 32.1. The van der Waals surface area contributed by atoms with Crippen LogP contribution in [0.15, 0.2) is 16.8 Å². The van der Waals surface area contributed by atoms with Gasteiger partial charge in [0.15, 0.2) is 0 Å². The normalized spacial score (nSPS) is 31.0. The van der Waals surface area contributed by atoms with Crippen molar-refractivity contribution < 1.29 is 4.79 Å². The van der Waals surface area contributed by atoms with Crippen LogP contribution in [0.4, 0.5) is 0 Å². The first kappa shape index (κ1) is 14.7. The van der Waals surface area contributed by atoms with Gasteiger partial charge >= 0.3 is 0 Å². The average molecular weight is 318 g/mol. The molecule has 1 aliphatic heterocycles. The number of amides is 1. The highest BCUT2D eigenvalue weighted by Gasteiger charge is 2.60. The molecule has 4 heteroatoms. The van der Waals surface area contributed by atoms with Crippen LogP contribution in [0, 0.1) is 16.7 Å². The lowest BCUT2D eigenvalue weighted by atomic mass is 9.93. The fourth-order valence-corrected chi connectivity index (χ4v) is 4.90. The second-order valence-electron chi connectivity index (χ2n) is 8.18. The lowest BCUT2D eigenvalue weighted by Crippen LogP contribution is -2.40. The fraction of sp³-hybridized carbons (Fsp3) is 0.722. The monoisotopic (exact) mass is 318 g/mol. The molecule has 3 fully saturated rings. The number of thiophene rings is 1. The third-order valence-corrected chi connectivity index (χ3v) is 6.88. The minimum Gasteiger partial charge on any atom is -0.335 e. The molecule has 1 amide bonds. The molecule has 4 rings (SSSR count). The predicted molar refractivity (Wildman–Crippen MR) is 89.7 cm³/mol. The van der Waals surface area contributed by atoms with Gasteiger partial charge in [0.2, 0.25) is 5.91 Å². The first-order chi connectivity index (χ1) is 10.5. The number of nitrogens with one attached hydrogen (secondary N) is 1. The Morgan fingerprint density at radius 3 is 2.68 bits per heavy atom. The number of carbonyl (C=O) groups excluding carboxylic acids is 1. The molecule has 1 saturated heterocycles. The van der Waals surface area contributed by atoms with Crippen molar-refractivity contribution in [2.24, 2.45) is 16.7 Å². The molecule has 2 heterocycles. The molecule has 2 unspecified atom stereocenters. The minimum atomic E-state index is 0.222. The first-order valence-corrected chi connectivity index (χ1v) is 9.48.